The van der Waals surface area contributed by atoms with Crippen molar-refractivity contribution in [3.05, 3.63) is 11.5 Å². The number of hydrogen-bond acceptors (Lipinski definition) is 2. The van der Waals surface area contributed by atoms with Gasteiger partial charge in [0.15, 0.2) is 0 Å². The minimum atomic E-state index is -3.91. The summed E-state index contributed by atoms with van der Waals surface area (Å²) < 4.78 is 29.1. The fraction of sp³-hybridized carbons (Fsp3) is 0.833. The molecule has 0 aliphatic rings. The summed E-state index contributed by atoms with van der Waals surface area (Å²) in [6.45, 7) is 2.21. The van der Waals surface area contributed by atoms with Crippen molar-refractivity contribution in [2.45, 2.75) is 64.7 Å². The van der Waals surface area contributed by atoms with Crippen LogP contribution in [-0.2, 0) is 10.1 Å². The average Bonchev–Trinajstić information content (AvgIpc) is 2.19. The first kappa shape index (κ1) is 20.0. The zero-order valence-electron chi connectivity index (χ0n) is 10.2. The molecule has 0 saturated carbocycles. The second-order valence-corrected chi connectivity index (χ2v) is 5.45. The SMILES string of the molecule is CCCCCCCCCCC=CS(=O)(=O)O.[NaH]. The Hall–Kier alpha value is 0.650. The van der Waals surface area contributed by atoms with Crippen LogP contribution in [0.3, 0.4) is 0 Å². The van der Waals surface area contributed by atoms with Gasteiger partial charge in [-0.05, 0) is 12.8 Å². The molecule has 3 nitrogen and oxygen atoms in total. The van der Waals surface area contributed by atoms with Crippen LogP contribution in [0.15, 0.2) is 11.5 Å². The fourth-order valence-corrected chi connectivity index (χ4v) is 1.96. The van der Waals surface area contributed by atoms with E-state index in [-0.39, 0.29) is 29.6 Å². The summed E-state index contributed by atoms with van der Waals surface area (Å²) in [5.74, 6) is 0. The molecule has 98 valence electrons. The summed E-state index contributed by atoms with van der Waals surface area (Å²) in [4.78, 5) is 0. The molecule has 1 N–H and O–H groups in total. The van der Waals surface area contributed by atoms with Gasteiger partial charge in [0.25, 0.3) is 10.1 Å². The van der Waals surface area contributed by atoms with Gasteiger partial charge >= 0.3 is 29.6 Å². The Morgan fingerprint density at radius 1 is 0.941 bits per heavy atom. The van der Waals surface area contributed by atoms with Gasteiger partial charge < -0.3 is 0 Å². The number of hydrogen-bond donors (Lipinski definition) is 1. The third-order valence-electron chi connectivity index (χ3n) is 2.49. The number of unbranched alkanes of at least 4 members (excludes halogenated alkanes) is 8. The van der Waals surface area contributed by atoms with Crippen LogP contribution >= 0.6 is 0 Å². The first-order chi connectivity index (χ1) is 7.56. The Bertz CT molecular complexity index is 273. The van der Waals surface area contributed by atoms with Gasteiger partial charge in [0.05, 0.1) is 5.41 Å². The molecule has 0 bridgehead atoms. The molecule has 0 amide bonds. The Morgan fingerprint density at radius 2 is 1.41 bits per heavy atom. The first-order valence-corrected chi connectivity index (χ1v) is 7.70. The van der Waals surface area contributed by atoms with E-state index < -0.39 is 10.1 Å². The van der Waals surface area contributed by atoms with Crippen molar-refractivity contribution in [3.63, 3.8) is 0 Å². The van der Waals surface area contributed by atoms with E-state index in [0.717, 1.165) is 24.7 Å². The number of rotatable bonds is 10. The van der Waals surface area contributed by atoms with Crippen molar-refractivity contribution in [1.29, 1.82) is 0 Å². The van der Waals surface area contributed by atoms with Gasteiger partial charge in [-0.1, -0.05) is 57.9 Å². The Kier molecular flexibility index (Phi) is 15.4. The monoisotopic (exact) mass is 272 g/mol. The maximum absolute atomic E-state index is 10.3. The Balaban J connectivity index is 0. The van der Waals surface area contributed by atoms with Crippen LogP contribution in [-0.4, -0.2) is 42.5 Å². The van der Waals surface area contributed by atoms with Crippen LogP contribution in [0.25, 0.3) is 0 Å². The van der Waals surface area contributed by atoms with Crippen LogP contribution in [0.5, 0.6) is 0 Å². The van der Waals surface area contributed by atoms with Crippen LogP contribution in [0.1, 0.15) is 64.7 Å². The zero-order chi connectivity index (χ0) is 12.3. The van der Waals surface area contributed by atoms with E-state index in [1.807, 2.05) is 0 Å². The molecule has 0 unspecified atom stereocenters. The Morgan fingerprint density at radius 3 is 1.88 bits per heavy atom. The molecule has 0 saturated heterocycles. The molecule has 0 radical (unpaired) electrons. The molecular formula is C12H25NaO3S. The quantitative estimate of drug-likeness (QED) is 0.377. The van der Waals surface area contributed by atoms with Crippen LogP contribution in [0, 0.1) is 0 Å². The second-order valence-electron chi connectivity index (χ2n) is 4.15. The Labute approximate surface area is 128 Å². The van der Waals surface area contributed by atoms with E-state index in [0.29, 0.717) is 0 Å². The molecule has 0 aromatic rings. The van der Waals surface area contributed by atoms with E-state index >= 15 is 0 Å². The molecule has 0 spiro atoms. The molecule has 0 atom stereocenters. The minimum absolute atomic E-state index is 0. The molecule has 0 heterocycles. The second kappa shape index (κ2) is 13.1. The third-order valence-corrected chi connectivity index (χ3v) is 3.03. The summed E-state index contributed by atoms with van der Waals surface area (Å²) in [6, 6.07) is 0. The van der Waals surface area contributed by atoms with Crippen molar-refractivity contribution < 1.29 is 13.0 Å². The van der Waals surface area contributed by atoms with Gasteiger partial charge in [-0.2, -0.15) is 8.42 Å². The fourth-order valence-electron chi connectivity index (χ4n) is 1.59. The molecular weight excluding hydrogens is 247 g/mol. The van der Waals surface area contributed by atoms with Crippen molar-refractivity contribution in [3.8, 4) is 0 Å². The third kappa shape index (κ3) is 19.2. The van der Waals surface area contributed by atoms with E-state index in [1.165, 1.54) is 44.6 Å². The van der Waals surface area contributed by atoms with E-state index in [4.69, 9.17) is 4.55 Å². The summed E-state index contributed by atoms with van der Waals surface area (Å²) in [7, 11) is -3.91. The van der Waals surface area contributed by atoms with Gasteiger partial charge in [0, 0.05) is 0 Å². The van der Waals surface area contributed by atoms with Crippen molar-refractivity contribution in [2.75, 3.05) is 0 Å². The van der Waals surface area contributed by atoms with E-state index in [1.54, 1.807) is 0 Å². The van der Waals surface area contributed by atoms with Crippen molar-refractivity contribution >= 4 is 39.7 Å². The molecule has 17 heavy (non-hydrogen) atoms. The summed E-state index contributed by atoms with van der Waals surface area (Å²) in [6.07, 6.45) is 12.2. The van der Waals surface area contributed by atoms with E-state index in [2.05, 4.69) is 6.92 Å². The van der Waals surface area contributed by atoms with Crippen molar-refractivity contribution in [1.82, 2.24) is 0 Å². The van der Waals surface area contributed by atoms with Crippen molar-refractivity contribution in [2.24, 2.45) is 0 Å². The predicted molar refractivity (Wildman–Crippen MR) is 75.1 cm³/mol. The summed E-state index contributed by atoms with van der Waals surface area (Å²) in [5.41, 5.74) is 0. The number of allylic oxidation sites excluding steroid dienone is 1. The topological polar surface area (TPSA) is 54.4 Å². The van der Waals surface area contributed by atoms with Gasteiger partial charge in [-0.15, -0.1) is 0 Å². The van der Waals surface area contributed by atoms with Gasteiger partial charge in [0.2, 0.25) is 0 Å². The van der Waals surface area contributed by atoms with Gasteiger partial charge in [0.1, 0.15) is 0 Å². The first-order valence-electron chi connectivity index (χ1n) is 6.20. The average molecular weight is 272 g/mol. The molecule has 0 aliphatic heterocycles. The normalized spacial score (nSPS) is 11.6. The molecule has 0 rings (SSSR count). The summed E-state index contributed by atoms with van der Waals surface area (Å²) >= 11 is 0. The molecule has 0 aromatic heterocycles. The zero-order valence-corrected chi connectivity index (χ0v) is 11.0. The van der Waals surface area contributed by atoms with E-state index in [9.17, 15) is 8.42 Å². The van der Waals surface area contributed by atoms with Crippen LogP contribution < -0.4 is 0 Å². The summed E-state index contributed by atoms with van der Waals surface area (Å²) in [5, 5.41) is 0.869. The molecule has 0 aliphatic carbocycles. The predicted octanol–water partition coefficient (Wildman–Crippen LogP) is 3.27. The van der Waals surface area contributed by atoms with Gasteiger partial charge in [-0.3, -0.25) is 4.55 Å². The molecule has 0 fully saturated rings. The standard InChI is InChI=1S/C12H24O3S.Na.H/c1-2-3-4-5-6-7-8-9-10-11-12-16(13,14)15;;/h11-12H,2-10H2,1H3,(H,13,14,15);;. The maximum atomic E-state index is 10.3. The van der Waals surface area contributed by atoms with Gasteiger partial charge in [-0.25, -0.2) is 0 Å². The van der Waals surface area contributed by atoms with Crippen LogP contribution in [0.2, 0.25) is 0 Å². The van der Waals surface area contributed by atoms with Crippen LogP contribution in [0.4, 0.5) is 0 Å². The molecule has 5 heteroatoms. The molecule has 0 aromatic carbocycles.